The van der Waals surface area contributed by atoms with Crippen molar-refractivity contribution in [1.82, 2.24) is 0 Å². The number of carbonyl (C=O) groups is 1. The van der Waals surface area contributed by atoms with Gasteiger partial charge in [-0.05, 0) is 29.5 Å². The molecule has 19 heavy (non-hydrogen) atoms. The van der Waals surface area contributed by atoms with Gasteiger partial charge in [0.05, 0.1) is 6.61 Å². The average Bonchev–Trinajstić information content (AvgIpc) is 2.27. The number of halogens is 2. The van der Waals surface area contributed by atoms with Crippen LogP contribution in [-0.4, -0.2) is 12.7 Å². The van der Waals surface area contributed by atoms with E-state index in [0.29, 0.717) is 16.0 Å². The van der Waals surface area contributed by atoms with Gasteiger partial charge in [-0.1, -0.05) is 50.0 Å². The summed E-state index contributed by atoms with van der Waals surface area (Å²) < 4.78 is 4.94. The van der Waals surface area contributed by atoms with Crippen LogP contribution in [-0.2, 0) is 4.74 Å². The SMILES string of the molecule is CC(C)[C@@H](COC(N)=O)[C@H](C)c1ccc(Cl)cc1Cl. The Kier molecular flexibility index (Phi) is 5.95. The van der Waals surface area contributed by atoms with Crippen molar-refractivity contribution < 1.29 is 9.53 Å². The van der Waals surface area contributed by atoms with E-state index in [1.54, 1.807) is 6.07 Å². The zero-order valence-electron chi connectivity index (χ0n) is 11.3. The average molecular weight is 304 g/mol. The van der Waals surface area contributed by atoms with Crippen LogP contribution in [0.5, 0.6) is 0 Å². The molecule has 0 aliphatic rings. The summed E-state index contributed by atoms with van der Waals surface area (Å²) in [6.07, 6.45) is -0.750. The quantitative estimate of drug-likeness (QED) is 0.873. The van der Waals surface area contributed by atoms with Crippen molar-refractivity contribution in [2.75, 3.05) is 6.61 Å². The Labute approximate surface area is 124 Å². The monoisotopic (exact) mass is 303 g/mol. The van der Waals surface area contributed by atoms with E-state index in [0.717, 1.165) is 5.56 Å². The molecule has 0 saturated carbocycles. The number of hydrogen-bond donors (Lipinski definition) is 1. The van der Waals surface area contributed by atoms with Gasteiger partial charge in [0.1, 0.15) is 0 Å². The van der Waals surface area contributed by atoms with Gasteiger partial charge in [0.25, 0.3) is 0 Å². The molecule has 0 aliphatic carbocycles. The minimum Gasteiger partial charge on any atom is -0.449 e. The van der Waals surface area contributed by atoms with Crippen molar-refractivity contribution in [3.63, 3.8) is 0 Å². The highest BCUT2D eigenvalue weighted by molar-refractivity contribution is 6.35. The second kappa shape index (κ2) is 7.01. The highest BCUT2D eigenvalue weighted by Crippen LogP contribution is 2.35. The minimum atomic E-state index is -0.750. The molecule has 106 valence electrons. The van der Waals surface area contributed by atoms with Crippen molar-refractivity contribution in [3.8, 4) is 0 Å². The smallest absolute Gasteiger partial charge is 0.404 e. The van der Waals surface area contributed by atoms with Gasteiger partial charge in [0, 0.05) is 16.0 Å². The van der Waals surface area contributed by atoms with E-state index in [-0.39, 0.29) is 18.4 Å². The van der Waals surface area contributed by atoms with Crippen LogP contribution < -0.4 is 5.73 Å². The molecule has 0 unspecified atom stereocenters. The predicted octanol–water partition coefficient (Wildman–Crippen LogP) is 4.46. The summed E-state index contributed by atoms with van der Waals surface area (Å²) in [5.41, 5.74) is 6.02. The lowest BCUT2D eigenvalue weighted by molar-refractivity contribution is 0.115. The molecular formula is C14H19Cl2NO2. The lowest BCUT2D eigenvalue weighted by atomic mass is 9.81. The Morgan fingerprint density at radius 2 is 1.95 bits per heavy atom. The molecule has 0 aromatic heterocycles. The first-order valence-electron chi connectivity index (χ1n) is 6.20. The number of rotatable bonds is 5. The van der Waals surface area contributed by atoms with Crippen LogP contribution in [0.25, 0.3) is 0 Å². The number of hydrogen-bond acceptors (Lipinski definition) is 2. The van der Waals surface area contributed by atoms with Gasteiger partial charge in [-0.3, -0.25) is 0 Å². The van der Waals surface area contributed by atoms with E-state index in [1.807, 2.05) is 12.1 Å². The summed E-state index contributed by atoms with van der Waals surface area (Å²) >= 11 is 12.1. The van der Waals surface area contributed by atoms with Crippen LogP contribution >= 0.6 is 23.2 Å². The second-order valence-electron chi connectivity index (χ2n) is 4.99. The highest BCUT2D eigenvalue weighted by atomic mass is 35.5. The summed E-state index contributed by atoms with van der Waals surface area (Å²) in [7, 11) is 0. The van der Waals surface area contributed by atoms with E-state index in [4.69, 9.17) is 33.7 Å². The van der Waals surface area contributed by atoms with Crippen molar-refractivity contribution in [2.24, 2.45) is 17.6 Å². The third kappa shape index (κ3) is 4.59. The molecule has 0 radical (unpaired) electrons. The number of amides is 1. The fourth-order valence-electron chi connectivity index (χ4n) is 2.19. The molecule has 1 rings (SSSR count). The van der Waals surface area contributed by atoms with Crippen molar-refractivity contribution in [1.29, 1.82) is 0 Å². The fraction of sp³-hybridized carbons (Fsp3) is 0.500. The second-order valence-corrected chi connectivity index (χ2v) is 5.84. The Hall–Kier alpha value is -0.930. The van der Waals surface area contributed by atoms with Gasteiger partial charge in [-0.2, -0.15) is 0 Å². The van der Waals surface area contributed by atoms with E-state index in [1.165, 1.54) is 0 Å². The number of benzene rings is 1. The van der Waals surface area contributed by atoms with E-state index in [9.17, 15) is 4.79 Å². The van der Waals surface area contributed by atoms with E-state index >= 15 is 0 Å². The first-order valence-corrected chi connectivity index (χ1v) is 6.95. The maximum absolute atomic E-state index is 10.8. The molecule has 2 N–H and O–H groups in total. The van der Waals surface area contributed by atoms with Gasteiger partial charge in [0.15, 0.2) is 0 Å². The zero-order chi connectivity index (χ0) is 14.6. The molecule has 5 heteroatoms. The van der Waals surface area contributed by atoms with Crippen LogP contribution in [0.2, 0.25) is 10.0 Å². The Morgan fingerprint density at radius 1 is 1.32 bits per heavy atom. The molecule has 0 heterocycles. The molecule has 2 atom stereocenters. The van der Waals surface area contributed by atoms with Crippen LogP contribution in [0.15, 0.2) is 18.2 Å². The molecule has 0 fully saturated rings. The van der Waals surface area contributed by atoms with Crippen LogP contribution in [0.1, 0.15) is 32.3 Å². The normalized spacial score (nSPS) is 14.2. The molecule has 0 bridgehead atoms. The van der Waals surface area contributed by atoms with E-state index < -0.39 is 6.09 Å². The molecule has 1 amide bonds. The highest BCUT2D eigenvalue weighted by Gasteiger charge is 2.25. The lowest BCUT2D eigenvalue weighted by Gasteiger charge is -2.27. The number of primary amides is 1. The Morgan fingerprint density at radius 3 is 2.42 bits per heavy atom. The van der Waals surface area contributed by atoms with Crippen LogP contribution in [0.4, 0.5) is 4.79 Å². The molecule has 0 aliphatic heterocycles. The molecule has 0 spiro atoms. The number of nitrogens with two attached hydrogens (primary N) is 1. The van der Waals surface area contributed by atoms with Crippen LogP contribution in [0, 0.1) is 11.8 Å². The largest absolute Gasteiger partial charge is 0.449 e. The summed E-state index contributed by atoms with van der Waals surface area (Å²) in [5, 5.41) is 1.24. The van der Waals surface area contributed by atoms with Gasteiger partial charge in [0.2, 0.25) is 0 Å². The number of carbonyl (C=O) groups excluding carboxylic acids is 1. The predicted molar refractivity (Wildman–Crippen MR) is 78.7 cm³/mol. The molecule has 1 aromatic carbocycles. The van der Waals surface area contributed by atoms with Crippen molar-refractivity contribution in [2.45, 2.75) is 26.7 Å². The summed E-state index contributed by atoms with van der Waals surface area (Å²) in [4.78, 5) is 10.8. The first-order chi connectivity index (χ1) is 8.82. The Balaban J connectivity index is 2.92. The van der Waals surface area contributed by atoms with Crippen LogP contribution in [0.3, 0.4) is 0 Å². The maximum Gasteiger partial charge on any atom is 0.404 e. The summed E-state index contributed by atoms with van der Waals surface area (Å²) in [6.45, 7) is 6.50. The third-order valence-electron chi connectivity index (χ3n) is 3.37. The van der Waals surface area contributed by atoms with Gasteiger partial charge in [-0.15, -0.1) is 0 Å². The molecule has 1 aromatic rings. The third-order valence-corrected chi connectivity index (χ3v) is 3.93. The summed E-state index contributed by atoms with van der Waals surface area (Å²) in [6, 6.07) is 5.45. The first kappa shape index (κ1) is 16.1. The van der Waals surface area contributed by atoms with E-state index in [2.05, 4.69) is 20.8 Å². The molecule has 0 saturated heterocycles. The van der Waals surface area contributed by atoms with Gasteiger partial charge >= 0.3 is 6.09 Å². The van der Waals surface area contributed by atoms with Gasteiger partial charge in [-0.25, -0.2) is 4.79 Å². The number of ether oxygens (including phenoxy) is 1. The van der Waals surface area contributed by atoms with Gasteiger partial charge < -0.3 is 10.5 Å². The standard InChI is InChI=1S/C14H19Cl2NO2/c1-8(2)12(7-19-14(17)18)9(3)11-5-4-10(15)6-13(11)16/h4-6,8-9,12H,7H2,1-3H3,(H2,17,18)/t9-,12-/m1/s1. The molecular weight excluding hydrogens is 285 g/mol. The summed E-state index contributed by atoms with van der Waals surface area (Å²) in [5.74, 6) is 0.622. The van der Waals surface area contributed by atoms with Crippen molar-refractivity contribution >= 4 is 29.3 Å². The van der Waals surface area contributed by atoms with Crippen molar-refractivity contribution in [3.05, 3.63) is 33.8 Å². The zero-order valence-corrected chi connectivity index (χ0v) is 12.8. The maximum atomic E-state index is 10.8. The topological polar surface area (TPSA) is 52.3 Å². The molecule has 3 nitrogen and oxygen atoms in total. The minimum absolute atomic E-state index is 0.143. The lowest BCUT2D eigenvalue weighted by Crippen LogP contribution is -2.26. The Bertz CT molecular complexity index is 449. The fourth-order valence-corrected chi connectivity index (χ4v) is 2.77.